The lowest BCUT2D eigenvalue weighted by molar-refractivity contribution is 0.283. The Morgan fingerprint density at radius 2 is 1.83 bits per heavy atom. The summed E-state index contributed by atoms with van der Waals surface area (Å²) < 4.78 is 0. The molecule has 0 nitrogen and oxygen atoms in total. The molecule has 24 heavy (non-hydrogen) atoms. The fourth-order valence-corrected chi connectivity index (χ4v) is 3.93. The molecule has 0 heterocycles. The van der Waals surface area contributed by atoms with Gasteiger partial charge in [-0.2, -0.15) is 0 Å². The van der Waals surface area contributed by atoms with Crippen LogP contribution in [0.2, 0.25) is 0 Å². The third kappa shape index (κ3) is 5.55. The van der Waals surface area contributed by atoms with E-state index in [0.717, 1.165) is 6.42 Å². The topological polar surface area (TPSA) is 0 Å². The van der Waals surface area contributed by atoms with Gasteiger partial charge < -0.3 is 0 Å². The average Bonchev–Trinajstić information content (AvgIpc) is 2.60. The monoisotopic (exact) mass is 322 g/mol. The molecule has 0 saturated heterocycles. The van der Waals surface area contributed by atoms with E-state index in [4.69, 9.17) is 0 Å². The van der Waals surface area contributed by atoms with E-state index < -0.39 is 0 Å². The van der Waals surface area contributed by atoms with E-state index >= 15 is 0 Å². The second-order valence-electron chi connectivity index (χ2n) is 7.73. The first-order valence-electron chi connectivity index (χ1n) is 9.78. The third-order valence-corrected chi connectivity index (χ3v) is 5.58. The van der Waals surface area contributed by atoms with Crippen LogP contribution in [0.15, 0.2) is 35.9 Å². The number of hydrogen-bond donors (Lipinski definition) is 0. The first kappa shape index (κ1) is 18.9. The smallest absolute Gasteiger partial charge is 0.0423 e. The van der Waals surface area contributed by atoms with Crippen LogP contribution >= 0.6 is 0 Å². The van der Waals surface area contributed by atoms with E-state index in [-0.39, 0.29) is 0 Å². The molecule has 0 spiro atoms. The molecular weight excluding hydrogens is 288 g/mol. The molecule has 2 rings (SSSR count). The summed E-state index contributed by atoms with van der Waals surface area (Å²) in [6.07, 6.45) is 13.2. The Bertz CT molecular complexity index is 585. The largest absolute Gasteiger partial charge is 0.106 e. The van der Waals surface area contributed by atoms with E-state index in [2.05, 4.69) is 63.0 Å². The minimum absolute atomic E-state index is 0.335. The molecule has 1 aromatic carbocycles. The van der Waals surface area contributed by atoms with Crippen LogP contribution in [-0.2, 0) is 6.42 Å². The first-order valence-corrected chi connectivity index (χ1v) is 9.78. The maximum absolute atomic E-state index is 3.23. The maximum Gasteiger partial charge on any atom is 0.0423 e. The minimum Gasteiger partial charge on any atom is -0.106 e. The lowest BCUT2D eigenvalue weighted by Gasteiger charge is -2.31. The fourth-order valence-electron chi connectivity index (χ4n) is 3.93. The van der Waals surface area contributed by atoms with Gasteiger partial charge in [0.1, 0.15) is 0 Å². The zero-order valence-corrected chi connectivity index (χ0v) is 16.1. The highest BCUT2D eigenvalue weighted by Gasteiger charge is 2.24. The van der Waals surface area contributed by atoms with E-state index in [1.54, 1.807) is 5.57 Å². The number of aryl methyl sites for hydroxylation is 1. The van der Waals surface area contributed by atoms with Crippen molar-refractivity contribution < 1.29 is 0 Å². The molecule has 0 unspecified atom stereocenters. The first-order chi connectivity index (χ1) is 11.6. The van der Waals surface area contributed by atoms with Gasteiger partial charge in [-0.05, 0) is 62.5 Å². The number of rotatable bonds is 6. The van der Waals surface area contributed by atoms with Gasteiger partial charge in [-0.1, -0.05) is 74.9 Å². The van der Waals surface area contributed by atoms with Crippen molar-refractivity contribution in [3.05, 3.63) is 47.0 Å². The lowest BCUT2D eigenvalue weighted by atomic mass is 9.74. The van der Waals surface area contributed by atoms with Crippen LogP contribution in [-0.4, -0.2) is 0 Å². The summed E-state index contributed by atoms with van der Waals surface area (Å²) in [6, 6.07) is 9.09. The van der Waals surface area contributed by atoms with Crippen molar-refractivity contribution >= 4 is 0 Å². The van der Waals surface area contributed by atoms with Crippen LogP contribution in [0.4, 0.5) is 0 Å². The predicted octanol–water partition coefficient (Wildman–Crippen LogP) is 7.05. The van der Waals surface area contributed by atoms with Crippen molar-refractivity contribution in [1.82, 2.24) is 0 Å². The van der Waals surface area contributed by atoms with E-state index in [9.17, 15) is 0 Å². The van der Waals surface area contributed by atoms with Crippen molar-refractivity contribution in [2.75, 3.05) is 0 Å². The summed E-state index contributed by atoms with van der Waals surface area (Å²) in [5.74, 6) is 6.58. The summed E-state index contributed by atoms with van der Waals surface area (Å²) >= 11 is 0. The molecule has 1 aliphatic carbocycles. The summed E-state index contributed by atoms with van der Waals surface area (Å²) in [4.78, 5) is 0. The van der Waals surface area contributed by atoms with Crippen LogP contribution in [0, 0.1) is 17.3 Å². The van der Waals surface area contributed by atoms with Crippen molar-refractivity contribution in [2.24, 2.45) is 5.41 Å². The summed E-state index contributed by atoms with van der Waals surface area (Å²) in [5, 5.41) is 0. The van der Waals surface area contributed by atoms with Gasteiger partial charge in [0.05, 0.1) is 0 Å². The van der Waals surface area contributed by atoms with Gasteiger partial charge in [-0.25, -0.2) is 0 Å². The van der Waals surface area contributed by atoms with Crippen LogP contribution in [0.1, 0.15) is 89.7 Å². The molecule has 1 saturated carbocycles. The van der Waals surface area contributed by atoms with E-state index in [1.807, 2.05) is 6.92 Å². The Kier molecular flexibility index (Phi) is 7.16. The third-order valence-electron chi connectivity index (χ3n) is 5.58. The average molecular weight is 323 g/mol. The molecule has 0 radical (unpaired) electrons. The number of benzene rings is 1. The van der Waals surface area contributed by atoms with Gasteiger partial charge >= 0.3 is 0 Å². The van der Waals surface area contributed by atoms with Gasteiger partial charge in [-0.3, -0.25) is 0 Å². The Labute approximate surface area is 149 Å². The molecule has 1 aliphatic rings. The number of hydrogen-bond acceptors (Lipinski definition) is 0. The van der Waals surface area contributed by atoms with Gasteiger partial charge in [0.2, 0.25) is 0 Å². The Morgan fingerprint density at radius 1 is 1.17 bits per heavy atom. The van der Waals surface area contributed by atoms with E-state index in [1.165, 1.54) is 56.1 Å². The number of allylic oxidation sites excluding steroid dienone is 2. The van der Waals surface area contributed by atoms with Crippen LogP contribution in [0.25, 0.3) is 0 Å². The van der Waals surface area contributed by atoms with Gasteiger partial charge in [0, 0.05) is 5.92 Å². The maximum atomic E-state index is 3.23. The molecular formula is C24H34. The van der Waals surface area contributed by atoms with Crippen LogP contribution < -0.4 is 0 Å². The molecule has 1 aromatic rings. The normalized spacial score (nSPS) is 18.6. The summed E-state index contributed by atoms with van der Waals surface area (Å²) in [5.41, 5.74) is 4.88. The SMILES string of the molecule is CC#C[C@@H](C)c1ccc(CC/C(=C/C2(C)CCCCC2)CC)cc1. The lowest BCUT2D eigenvalue weighted by Crippen LogP contribution is -2.18. The Morgan fingerprint density at radius 3 is 2.42 bits per heavy atom. The minimum atomic E-state index is 0.335. The summed E-state index contributed by atoms with van der Waals surface area (Å²) in [7, 11) is 0. The molecule has 0 N–H and O–H groups in total. The highest BCUT2D eigenvalue weighted by atomic mass is 14.3. The van der Waals surface area contributed by atoms with Crippen molar-refractivity contribution in [3.63, 3.8) is 0 Å². The van der Waals surface area contributed by atoms with Crippen LogP contribution in [0.3, 0.4) is 0 Å². The zero-order valence-electron chi connectivity index (χ0n) is 16.1. The molecule has 130 valence electrons. The second kappa shape index (κ2) is 9.12. The Hall–Kier alpha value is -1.48. The van der Waals surface area contributed by atoms with Crippen LogP contribution in [0.5, 0.6) is 0 Å². The molecule has 0 amide bonds. The molecule has 0 heteroatoms. The Balaban J connectivity index is 1.96. The summed E-state index contributed by atoms with van der Waals surface area (Å²) in [6.45, 7) is 8.86. The zero-order chi connectivity index (χ0) is 17.4. The van der Waals surface area contributed by atoms with Crippen molar-refractivity contribution in [1.29, 1.82) is 0 Å². The fraction of sp³-hybridized carbons (Fsp3) is 0.583. The van der Waals surface area contributed by atoms with E-state index in [0.29, 0.717) is 11.3 Å². The highest BCUT2D eigenvalue weighted by molar-refractivity contribution is 5.30. The quantitative estimate of drug-likeness (QED) is 0.389. The molecule has 0 aliphatic heterocycles. The highest BCUT2D eigenvalue weighted by Crippen LogP contribution is 2.38. The molecule has 1 atom stereocenters. The molecule has 0 aromatic heterocycles. The van der Waals surface area contributed by atoms with Gasteiger partial charge in [0.25, 0.3) is 0 Å². The van der Waals surface area contributed by atoms with Crippen molar-refractivity contribution in [3.8, 4) is 11.8 Å². The second-order valence-corrected chi connectivity index (χ2v) is 7.73. The molecule has 0 bridgehead atoms. The predicted molar refractivity (Wildman–Crippen MR) is 106 cm³/mol. The van der Waals surface area contributed by atoms with Crippen molar-refractivity contribution in [2.45, 2.75) is 85.0 Å². The van der Waals surface area contributed by atoms with Gasteiger partial charge in [0.15, 0.2) is 0 Å². The standard InChI is InChI=1S/C24H34/c1-5-10-20(3)23-15-13-22(14-16-23)12-11-21(6-2)19-24(4)17-8-7-9-18-24/h13-16,19-20H,6-9,11-12,17-18H2,1-4H3/b21-19+/t20-/m1/s1. The molecule has 1 fully saturated rings. The van der Waals surface area contributed by atoms with Gasteiger partial charge in [-0.15, -0.1) is 5.92 Å².